The number of nitrogens with two attached hydrogens (primary N) is 1. The van der Waals surface area contributed by atoms with E-state index in [4.69, 9.17) is 5.73 Å². The Morgan fingerprint density at radius 3 is 2.38 bits per heavy atom. The average molecular weight is 291 g/mol. The zero-order valence-corrected chi connectivity index (χ0v) is 13.8. The van der Waals surface area contributed by atoms with Gasteiger partial charge in [-0.15, -0.1) is 0 Å². The van der Waals surface area contributed by atoms with Crippen LogP contribution in [0.3, 0.4) is 0 Å². The molecule has 0 fully saturated rings. The van der Waals surface area contributed by atoms with Crippen LogP contribution in [0.1, 0.15) is 39.7 Å². The third-order valence-corrected chi connectivity index (χ3v) is 4.33. The minimum absolute atomic E-state index is 0.000466. The van der Waals surface area contributed by atoms with Crippen LogP contribution in [-0.2, 0) is 11.3 Å². The standard InChI is InChI=1S/C17H29N3O/c1-5-17(4,13-18)16(21)19-15-11-9-8-10-14(15)12-20(6-2)7-3/h8-11H,5-7,12-13,18H2,1-4H3,(H,19,21). The van der Waals surface area contributed by atoms with Gasteiger partial charge < -0.3 is 11.1 Å². The number of benzene rings is 1. The number of carbonyl (C=O) groups excluding carboxylic acids is 1. The summed E-state index contributed by atoms with van der Waals surface area (Å²) in [5.74, 6) is -0.000466. The van der Waals surface area contributed by atoms with Crippen molar-refractivity contribution in [3.8, 4) is 0 Å². The molecule has 0 spiro atoms. The Hall–Kier alpha value is -1.39. The number of rotatable bonds is 8. The molecule has 0 bridgehead atoms. The lowest BCUT2D eigenvalue weighted by Crippen LogP contribution is -2.39. The quantitative estimate of drug-likeness (QED) is 0.774. The van der Waals surface area contributed by atoms with Gasteiger partial charge in [0.05, 0.1) is 5.41 Å². The average Bonchev–Trinajstić information content (AvgIpc) is 2.53. The van der Waals surface area contributed by atoms with Crippen LogP contribution in [0.25, 0.3) is 0 Å². The van der Waals surface area contributed by atoms with E-state index in [9.17, 15) is 4.79 Å². The van der Waals surface area contributed by atoms with E-state index in [1.54, 1.807) is 0 Å². The summed E-state index contributed by atoms with van der Waals surface area (Å²) in [5.41, 5.74) is 7.29. The first-order valence-electron chi connectivity index (χ1n) is 7.82. The molecule has 1 atom stereocenters. The molecule has 1 aromatic carbocycles. The molecule has 21 heavy (non-hydrogen) atoms. The summed E-state index contributed by atoms with van der Waals surface area (Å²) >= 11 is 0. The van der Waals surface area contributed by atoms with E-state index in [1.165, 1.54) is 0 Å². The van der Waals surface area contributed by atoms with E-state index in [2.05, 4.69) is 30.1 Å². The normalized spacial score (nSPS) is 14.0. The van der Waals surface area contributed by atoms with Crippen molar-refractivity contribution >= 4 is 11.6 Å². The van der Waals surface area contributed by atoms with Crippen LogP contribution in [0.15, 0.2) is 24.3 Å². The molecule has 0 heterocycles. The van der Waals surface area contributed by atoms with Crippen molar-refractivity contribution in [3.05, 3.63) is 29.8 Å². The summed E-state index contributed by atoms with van der Waals surface area (Å²) in [7, 11) is 0. The molecular weight excluding hydrogens is 262 g/mol. The highest BCUT2D eigenvalue weighted by Crippen LogP contribution is 2.24. The van der Waals surface area contributed by atoms with Gasteiger partial charge in [0.2, 0.25) is 5.91 Å². The first-order chi connectivity index (χ1) is 10.0. The molecule has 1 rings (SSSR count). The van der Waals surface area contributed by atoms with Gasteiger partial charge in [-0.2, -0.15) is 0 Å². The zero-order valence-electron chi connectivity index (χ0n) is 13.8. The number of nitrogens with one attached hydrogen (secondary N) is 1. The predicted molar refractivity (Wildman–Crippen MR) is 89.1 cm³/mol. The summed E-state index contributed by atoms with van der Waals surface area (Å²) in [6, 6.07) is 7.99. The summed E-state index contributed by atoms with van der Waals surface area (Å²) in [6.07, 6.45) is 0.730. The third kappa shape index (κ3) is 4.55. The molecule has 1 amide bonds. The predicted octanol–water partition coefficient (Wildman–Crippen LogP) is 2.84. The minimum Gasteiger partial charge on any atom is -0.329 e. The van der Waals surface area contributed by atoms with Gasteiger partial charge in [0.1, 0.15) is 0 Å². The third-order valence-electron chi connectivity index (χ3n) is 4.33. The fourth-order valence-corrected chi connectivity index (χ4v) is 2.14. The highest BCUT2D eigenvalue weighted by Gasteiger charge is 2.30. The number of hydrogen-bond donors (Lipinski definition) is 2. The van der Waals surface area contributed by atoms with Crippen LogP contribution in [-0.4, -0.2) is 30.4 Å². The van der Waals surface area contributed by atoms with Crippen LogP contribution in [0.4, 0.5) is 5.69 Å². The Morgan fingerprint density at radius 2 is 1.86 bits per heavy atom. The lowest BCUT2D eigenvalue weighted by atomic mass is 9.86. The maximum absolute atomic E-state index is 12.5. The smallest absolute Gasteiger partial charge is 0.231 e. The molecule has 1 unspecified atom stereocenters. The van der Waals surface area contributed by atoms with Crippen molar-refractivity contribution in [1.29, 1.82) is 0 Å². The molecular formula is C17H29N3O. The van der Waals surface area contributed by atoms with Crippen molar-refractivity contribution in [2.45, 2.75) is 40.7 Å². The van der Waals surface area contributed by atoms with E-state index in [-0.39, 0.29) is 5.91 Å². The second kappa shape index (κ2) is 8.15. The summed E-state index contributed by atoms with van der Waals surface area (Å²) in [5, 5.41) is 3.06. The molecule has 0 aromatic heterocycles. The Kier molecular flexibility index (Phi) is 6.85. The van der Waals surface area contributed by atoms with Gasteiger partial charge in [0, 0.05) is 18.8 Å². The molecule has 0 saturated heterocycles. The summed E-state index contributed by atoms with van der Waals surface area (Å²) < 4.78 is 0. The molecule has 0 aliphatic carbocycles. The number of nitrogens with zero attached hydrogens (tertiary/aromatic N) is 1. The Morgan fingerprint density at radius 1 is 1.24 bits per heavy atom. The van der Waals surface area contributed by atoms with Crippen LogP contribution < -0.4 is 11.1 Å². The van der Waals surface area contributed by atoms with E-state index in [0.29, 0.717) is 6.54 Å². The van der Waals surface area contributed by atoms with Gasteiger partial charge in [0.15, 0.2) is 0 Å². The van der Waals surface area contributed by atoms with Gasteiger partial charge >= 0.3 is 0 Å². The second-order valence-electron chi connectivity index (χ2n) is 5.69. The molecule has 118 valence electrons. The fourth-order valence-electron chi connectivity index (χ4n) is 2.14. The lowest BCUT2D eigenvalue weighted by Gasteiger charge is -2.26. The zero-order chi connectivity index (χ0) is 15.9. The fraction of sp³-hybridized carbons (Fsp3) is 0.588. The van der Waals surface area contributed by atoms with Gasteiger partial charge in [-0.05, 0) is 38.1 Å². The maximum atomic E-state index is 12.5. The van der Waals surface area contributed by atoms with Crippen molar-refractivity contribution in [1.82, 2.24) is 4.90 Å². The van der Waals surface area contributed by atoms with E-state index in [1.807, 2.05) is 32.0 Å². The number of anilines is 1. The van der Waals surface area contributed by atoms with Crippen molar-refractivity contribution < 1.29 is 4.79 Å². The number of amides is 1. The van der Waals surface area contributed by atoms with E-state index >= 15 is 0 Å². The Labute approximate surface area is 128 Å². The second-order valence-corrected chi connectivity index (χ2v) is 5.69. The number of para-hydroxylation sites is 1. The lowest BCUT2D eigenvalue weighted by molar-refractivity contribution is -0.124. The van der Waals surface area contributed by atoms with Gasteiger partial charge in [-0.1, -0.05) is 39.0 Å². The van der Waals surface area contributed by atoms with E-state index in [0.717, 1.165) is 37.3 Å². The van der Waals surface area contributed by atoms with Gasteiger partial charge in [0.25, 0.3) is 0 Å². The summed E-state index contributed by atoms with van der Waals surface area (Å²) in [4.78, 5) is 14.8. The van der Waals surface area contributed by atoms with Crippen LogP contribution >= 0.6 is 0 Å². The van der Waals surface area contributed by atoms with Gasteiger partial charge in [-0.3, -0.25) is 9.69 Å². The highest BCUT2D eigenvalue weighted by molar-refractivity contribution is 5.95. The number of carbonyl (C=O) groups is 1. The molecule has 0 radical (unpaired) electrons. The largest absolute Gasteiger partial charge is 0.329 e. The first-order valence-corrected chi connectivity index (χ1v) is 7.82. The van der Waals surface area contributed by atoms with Crippen molar-refractivity contribution in [3.63, 3.8) is 0 Å². The molecule has 0 aliphatic heterocycles. The summed E-state index contributed by atoms with van der Waals surface area (Å²) in [6.45, 7) is 11.4. The first kappa shape index (κ1) is 17.7. The molecule has 0 saturated carbocycles. The Balaban J connectivity index is 2.91. The molecule has 3 N–H and O–H groups in total. The van der Waals surface area contributed by atoms with Crippen LogP contribution in [0.5, 0.6) is 0 Å². The minimum atomic E-state index is -0.512. The highest BCUT2D eigenvalue weighted by atomic mass is 16.2. The maximum Gasteiger partial charge on any atom is 0.231 e. The van der Waals surface area contributed by atoms with Crippen LogP contribution in [0.2, 0.25) is 0 Å². The molecule has 0 aliphatic rings. The van der Waals surface area contributed by atoms with Crippen LogP contribution in [0, 0.1) is 5.41 Å². The topological polar surface area (TPSA) is 58.4 Å². The van der Waals surface area contributed by atoms with Crippen molar-refractivity contribution in [2.24, 2.45) is 11.1 Å². The van der Waals surface area contributed by atoms with Crippen molar-refractivity contribution in [2.75, 3.05) is 25.0 Å². The van der Waals surface area contributed by atoms with Gasteiger partial charge in [-0.25, -0.2) is 0 Å². The Bertz CT molecular complexity index is 451. The molecule has 4 heteroatoms. The molecule has 4 nitrogen and oxygen atoms in total. The SMILES string of the molecule is CCN(CC)Cc1ccccc1NC(=O)C(C)(CC)CN. The number of hydrogen-bond acceptors (Lipinski definition) is 3. The monoisotopic (exact) mass is 291 g/mol. The molecule has 1 aromatic rings. The van der Waals surface area contributed by atoms with E-state index < -0.39 is 5.41 Å².